The normalized spacial score (nSPS) is 47.1. The van der Waals surface area contributed by atoms with Gasteiger partial charge in [-0.25, -0.2) is 0 Å². The van der Waals surface area contributed by atoms with Crippen molar-refractivity contribution >= 4 is 0 Å². The minimum Gasteiger partial charge on any atom is -0.379 e. The van der Waals surface area contributed by atoms with Gasteiger partial charge in [-0.3, -0.25) is 0 Å². The maximum Gasteiger partial charge on any atom is 0.0651 e. The van der Waals surface area contributed by atoms with Gasteiger partial charge < -0.3 is 10.1 Å². The molecule has 0 bridgehead atoms. The van der Waals surface area contributed by atoms with Gasteiger partial charge in [0.1, 0.15) is 0 Å². The van der Waals surface area contributed by atoms with Crippen molar-refractivity contribution in [1.29, 1.82) is 0 Å². The monoisotopic (exact) mass is 141 g/mol. The van der Waals surface area contributed by atoms with E-state index >= 15 is 0 Å². The van der Waals surface area contributed by atoms with Crippen molar-refractivity contribution in [2.45, 2.75) is 25.3 Å². The Labute approximate surface area is 61.9 Å². The maximum atomic E-state index is 5.39. The average molecular weight is 141 g/mol. The molecule has 1 unspecified atom stereocenters. The molecule has 58 valence electrons. The summed E-state index contributed by atoms with van der Waals surface area (Å²) < 4.78 is 5.39. The Morgan fingerprint density at radius 1 is 1.60 bits per heavy atom. The van der Waals surface area contributed by atoms with Crippen molar-refractivity contribution in [3.63, 3.8) is 0 Å². The number of hydrogen-bond acceptors (Lipinski definition) is 2. The molecule has 0 aromatic carbocycles. The summed E-state index contributed by atoms with van der Waals surface area (Å²) in [5.74, 6) is 0.815. The average Bonchev–Trinajstić information content (AvgIpc) is 2.48. The minimum absolute atomic E-state index is 0.375. The van der Waals surface area contributed by atoms with Gasteiger partial charge in [-0.05, 0) is 25.3 Å². The highest BCUT2D eigenvalue weighted by Gasteiger charge is 2.42. The number of hydrogen-bond donors (Lipinski definition) is 1. The lowest BCUT2D eigenvalue weighted by atomic mass is 9.86. The molecule has 2 rings (SSSR count). The molecule has 0 aliphatic carbocycles. The molecule has 10 heavy (non-hydrogen) atoms. The number of rotatable bonds is 0. The van der Waals surface area contributed by atoms with Gasteiger partial charge in [-0.15, -0.1) is 0 Å². The van der Waals surface area contributed by atoms with Gasteiger partial charge in [0.2, 0.25) is 0 Å². The van der Waals surface area contributed by atoms with Crippen molar-refractivity contribution in [2.75, 3.05) is 19.8 Å². The topological polar surface area (TPSA) is 21.3 Å². The second-order valence-electron chi connectivity index (χ2n) is 3.58. The fraction of sp³-hybridized carbons (Fsp3) is 1.00. The molecule has 0 saturated carbocycles. The Bertz CT molecular complexity index is 124. The van der Waals surface area contributed by atoms with Crippen LogP contribution in [0.3, 0.4) is 0 Å². The predicted octanol–water partition coefficient (Wildman–Crippen LogP) is 0.775. The molecular formula is C8H15NO. The first-order chi connectivity index (χ1) is 4.83. The summed E-state index contributed by atoms with van der Waals surface area (Å²) in [4.78, 5) is 0. The van der Waals surface area contributed by atoms with Crippen molar-refractivity contribution in [3.8, 4) is 0 Å². The van der Waals surface area contributed by atoms with Crippen LogP contribution in [-0.2, 0) is 4.74 Å². The summed E-state index contributed by atoms with van der Waals surface area (Å²) in [6, 6.07) is 0. The molecule has 0 radical (unpaired) electrons. The Kier molecular flexibility index (Phi) is 1.46. The Morgan fingerprint density at radius 2 is 2.50 bits per heavy atom. The zero-order valence-corrected chi connectivity index (χ0v) is 6.52. The fourth-order valence-electron chi connectivity index (χ4n) is 2.10. The highest BCUT2D eigenvalue weighted by atomic mass is 16.5. The summed E-state index contributed by atoms with van der Waals surface area (Å²) in [7, 11) is 0. The number of ether oxygens (including phenoxy) is 1. The van der Waals surface area contributed by atoms with Crippen molar-refractivity contribution in [2.24, 2.45) is 5.92 Å². The molecule has 1 N–H and O–H groups in total. The second kappa shape index (κ2) is 2.21. The first-order valence-electron chi connectivity index (χ1n) is 4.16. The molecule has 2 aliphatic heterocycles. The molecule has 2 nitrogen and oxygen atoms in total. The van der Waals surface area contributed by atoms with E-state index in [1.807, 2.05) is 0 Å². The standard InChI is InChI=1S/C8H15NO/c1-7-2-4-9-8(7)3-5-10-6-8/h7,9H,2-6H2,1H3/t7-,8?/m1/s1. The third-order valence-corrected chi connectivity index (χ3v) is 3.05. The fourth-order valence-corrected chi connectivity index (χ4v) is 2.10. The molecule has 0 aromatic heterocycles. The van der Waals surface area contributed by atoms with Crippen LogP contribution in [0, 0.1) is 5.92 Å². The predicted molar refractivity (Wildman–Crippen MR) is 40.0 cm³/mol. The van der Waals surface area contributed by atoms with Crippen molar-refractivity contribution < 1.29 is 4.74 Å². The molecular weight excluding hydrogens is 126 g/mol. The van der Waals surface area contributed by atoms with Gasteiger partial charge in [0.15, 0.2) is 0 Å². The molecule has 2 fully saturated rings. The van der Waals surface area contributed by atoms with Crippen LogP contribution in [0.25, 0.3) is 0 Å². The van der Waals surface area contributed by atoms with Crippen LogP contribution < -0.4 is 5.32 Å². The van der Waals surface area contributed by atoms with E-state index in [2.05, 4.69) is 12.2 Å². The molecule has 1 spiro atoms. The first kappa shape index (κ1) is 6.62. The zero-order chi connectivity index (χ0) is 7.03. The quantitative estimate of drug-likeness (QED) is 0.538. The summed E-state index contributed by atoms with van der Waals surface area (Å²) in [5.41, 5.74) is 0.375. The van der Waals surface area contributed by atoms with Gasteiger partial charge in [-0.2, -0.15) is 0 Å². The highest BCUT2D eigenvalue weighted by Crippen LogP contribution is 2.33. The van der Waals surface area contributed by atoms with E-state index in [0.29, 0.717) is 5.54 Å². The Hall–Kier alpha value is -0.0800. The van der Waals surface area contributed by atoms with Crippen LogP contribution in [0.2, 0.25) is 0 Å². The van der Waals surface area contributed by atoms with E-state index < -0.39 is 0 Å². The zero-order valence-electron chi connectivity index (χ0n) is 6.52. The summed E-state index contributed by atoms with van der Waals surface area (Å²) in [5, 5.41) is 3.56. The molecule has 2 atom stereocenters. The van der Waals surface area contributed by atoms with Crippen LogP contribution in [0.5, 0.6) is 0 Å². The van der Waals surface area contributed by atoms with Gasteiger partial charge >= 0.3 is 0 Å². The number of nitrogens with one attached hydrogen (secondary N) is 1. The van der Waals surface area contributed by atoms with Gasteiger partial charge in [-0.1, -0.05) is 6.92 Å². The van der Waals surface area contributed by atoms with E-state index in [-0.39, 0.29) is 0 Å². The smallest absolute Gasteiger partial charge is 0.0651 e. The lowest BCUT2D eigenvalue weighted by Crippen LogP contribution is -2.44. The van der Waals surface area contributed by atoms with Gasteiger partial charge in [0.05, 0.1) is 6.61 Å². The Balaban J connectivity index is 2.11. The van der Waals surface area contributed by atoms with E-state index in [0.717, 1.165) is 19.1 Å². The summed E-state index contributed by atoms with van der Waals surface area (Å²) in [6.07, 6.45) is 2.54. The minimum atomic E-state index is 0.375. The first-order valence-corrected chi connectivity index (χ1v) is 4.16. The third kappa shape index (κ3) is 0.789. The van der Waals surface area contributed by atoms with Crippen LogP contribution in [0.15, 0.2) is 0 Å². The van der Waals surface area contributed by atoms with E-state index in [9.17, 15) is 0 Å². The van der Waals surface area contributed by atoms with Crippen LogP contribution in [0.4, 0.5) is 0 Å². The molecule has 0 aromatic rings. The molecule has 2 saturated heterocycles. The lowest BCUT2D eigenvalue weighted by Gasteiger charge is -2.26. The van der Waals surface area contributed by atoms with Gasteiger partial charge in [0.25, 0.3) is 0 Å². The maximum absolute atomic E-state index is 5.39. The molecule has 0 amide bonds. The van der Waals surface area contributed by atoms with Crippen molar-refractivity contribution in [1.82, 2.24) is 5.32 Å². The summed E-state index contributed by atoms with van der Waals surface area (Å²) >= 11 is 0. The van der Waals surface area contributed by atoms with Crippen LogP contribution >= 0.6 is 0 Å². The lowest BCUT2D eigenvalue weighted by molar-refractivity contribution is 0.160. The van der Waals surface area contributed by atoms with Crippen LogP contribution in [0.1, 0.15) is 19.8 Å². The summed E-state index contributed by atoms with van der Waals surface area (Å²) in [6.45, 7) is 5.41. The van der Waals surface area contributed by atoms with E-state index in [1.165, 1.54) is 19.4 Å². The van der Waals surface area contributed by atoms with Crippen molar-refractivity contribution in [3.05, 3.63) is 0 Å². The second-order valence-corrected chi connectivity index (χ2v) is 3.58. The van der Waals surface area contributed by atoms with E-state index in [1.54, 1.807) is 0 Å². The molecule has 2 heterocycles. The van der Waals surface area contributed by atoms with Crippen LogP contribution in [-0.4, -0.2) is 25.3 Å². The Morgan fingerprint density at radius 3 is 3.00 bits per heavy atom. The molecule has 2 heteroatoms. The SMILES string of the molecule is C[C@@H]1CCNC12CCOC2. The third-order valence-electron chi connectivity index (χ3n) is 3.05. The largest absolute Gasteiger partial charge is 0.379 e. The molecule has 2 aliphatic rings. The van der Waals surface area contributed by atoms with Gasteiger partial charge in [0, 0.05) is 12.1 Å². The highest BCUT2D eigenvalue weighted by molar-refractivity contribution is 5.00. The van der Waals surface area contributed by atoms with E-state index in [4.69, 9.17) is 4.74 Å².